The number of likely N-dealkylation sites (tertiary alicyclic amines) is 2. The summed E-state index contributed by atoms with van der Waals surface area (Å²) in [7, 11) is 1.91. The first-order valence-electron chi connectivity index (χ1n) is 9.32. The summed E-state index contributed by atoms with van der Waals surface area (Å²) in [6.45, 7) is 3.17. The molecule has 1 aromatic heterocycles. The molecule has 0 aliphatic carbocycles. The molecule has 3 heterocycles. The van der Waals surface area contributed by atoms with Crippen LogP contribution >= 0.6 is 0 Å². The number of carbonyl (C=O) groups is 1. The molecule has 0 unspecified atom stereocenters. The first kappa shape index (κ1) is 16.3. The fourth-order valence-corrected chi connectivity index (χ4v) is 4.14. The van der Waals surface area contributed by atoms with Crippen molar-refractivity contribution in [2.75, 3.05) is 26.7 Å². The van der Waals surface area contributed by atoms with Crippen molar-refractivity contribution in [3.05, 3.63) is 42.4 Å². The number of piperidine rings is 1. The van der Waals surface area contributed by atoms with Crippen LogP contribution in [0.3, 0.4) is 0 Å². The Morgan fingerprint density at radius 1 is 1.16 bits per heavy atom. The number of rotatable bonds is 4. The Kier molecular flexibility index (Phi) is 4.57. The molecule has 0 saturated carbocycles. The van der Waals surface area contributed by atoms with Crippen LogP contribution in [0.25, 0.3) is 11.3 Å². The highest BCUT2D eigenvalue weighted by atomic mass is 16.2. The third-order valence-corrected chi connectivity index (χ3v) is 5.60. The molecule has 5 heteroatoms. The maximum absolute atomic E-state index is 12.7. The van der Waals surface area contributed by atoms with Crippen LogP contribution in [0.1, 0.15) is 37.5 Å². The minimum atomic E-state index is 0.0553. The van der Waals surface area contributed by atoms with Crippen LogP contribution in [0.15, 0.2) is 36.5 Å². The molecule has 2 aromatic rings. The van der Waals surface area contributed by atoms with E-state index in [4.69, 9.17) is 0 Å². The first-order valence-corrected chi connectivity index (χ1v) is 9.32. The van der Waals surface area contributed by atoms with E-state index in [1.807, 2.05) is 36.3 Å². The van der Waals surface area contributed by atoms with Gasteiger partial charge in [-0.15, -0.1) is 0 Å². The predicted octanol–water partition coefficient (Wildman–Crippen LogP) is 3.08. The average Bonchev–Trinajstić information content (AvgIpc) is 3.24. The van der Waals surface area contributed by atoms with Crippen LogP contribution < -0.4 is 0 Å². The van der Waals surface area contributed by atoms with E-state index in [0.717, 1.165) is 43.1 Å². The normalized spacial score (nSPS) is 24.8. The van der Waals surface area contributed by atoms with Crippen molar-refractivity contribution in [2.24, 2.45) is 5.92 Å². The third-order valence-electron chi connectivity index (χ3n) is 5.60. The van der Waals surface area contributed by atoms with Gasteiger partial charge in [-0.1, -0.05) is 36.8 Å². The number of benzene rings is 1. The molecule has 25 heavy (non-hydrogen) atoms. The van der Waals surface area contributed by atoms with Crippen LogP contribution in [0.5, 0.6) is 0 Å². The summed E-state index contributed by atoms with van der Waals surface area (Å²) in [5.74, 6) is 1.25. The summed E-state index contributed by atoms with van der Waals surface area (Å²) in [5.41, 5.74) is 2.13. The molecule has 2 aliphatic heterocycles. The minimum absolute atomic E-state index is 0.0553. The van der Waals surface area contributed by atoms with E-state index in [0.29, 0.717) is 0 Å². The summed E-state index contributed by atoms with van der Waals surface area (Å²) < 4.78 is 0. The van der Waals surface area contributed by atoms with Gasteiger partial charge in [0.15, 0.2) is 0 Å². The number of amides is 1. The van der Waals surface area contributed by atoms with Gasteiger partial charge in [-0.05, 0) is 37.9 Å². The fraction of sp³-hybridized carbons (Fsp3) is 0.500. The second-order valence-electron chi connectivity index (χ2n) is 7.31. The third kappa shape index (κ3) is 3.33. The lowest BCUT2D eigenvalue weighted by Crippen LogP contribution is -2.37. The number of carbonyl (C=O) groups excluding carboxylic acids is 1. The Morgan fingerprint density at radius 2 is 1.92 bits per heavy atom. The zero-order valence-electron chi connectivity index (χ0n) is 14.8. The lowest BCUT2D eigenvalue weighted by Gasteiger charge is -2.28. The summed E-state index contributed by atoms with van der Waals surface area (Å²) in [6, 6.07) is 10.3. The summed E-state index contributed by atoms with van der Waals surface area (Å²) in [5, 5.41) is 0. The van der Waals surface area contributed by atoms with Crippen molar-refractivity contribution in [3.63, 3.8) is 0 Å². The molecule has 4 rings (SSSR count). The van der Waals surface area contributed by atoms with Crippen molar-refractivity contribution in [1.29, 1.82) is 0 Å². The zero-order chi connectivity index (χ0) is 17.2. The van der Waals surface area contributed by atoms with Gasteiger partial charge in [-0.3, -0.25) is 4.79 Å². The number of imidazole rings is 1. The maximum atomic E-state index is 12.7. The topological polar surface area (TPSA) is 52.2 Å². The lowest BCUT2D eigenvalue weighted by molar-refractivity contribution is -0.131. The van der Waals surface area contributed by atoms with E-state index >= 15 is 0 Å². The summed E-state index contributed by atoms with van der Waals surface area (Å²) in [6.07, 6.45) is 6.58. The largest absolute Gasteiger partial charge is 0.340 e. The van der Waals surface area contributed by atoms with Crippen molar-refractivity contribution in [3.8, 4) is 11.3 Å². The van der Waals surface area contributed by atoms with Gasteiger partial charge < -0.3 is 14.8 Å². The molecule has 5 nitrogen and oxygen atoms in total. The van der Waals surface area contributed by atoms with E-state index in [1.54, 1.807) is 0 Å². The number of hydrogen-bond donors (Lipinski definition) is 1. The number of nitrogens with one attached hydrogen (secondary N) is 1. The van der Waals surface area contributed by atoms with E-state index in [2.05, 4.69) is 27.0 Å². The molecule has 1 N–H and O–H groups in total. The molecule has 0 bridgehead atoms. The second-order valence-corrected chi connectivity index (χ2v) is 7.31. The molecule has 132 valence electrons. The molecule has 1 amide bonds. The number of aromatic amines is 1. The summed E-state index contributed by atoms with van der Waals surface area (Å²) >= 11 is 0. The molecule has 2 saturated heterocycles. The molecule has 0 radical (unpaired) electrons. The second kappa shape index (κ2) is 7.00. The highest BCUT2D eigenvalue weighted by Gasteiger charge is 2.40. The number of nitrogens with zero attached hydrogens (tertiary/aromatic N) is 3. The molecule has 2 aliphatic rings. The Balaban J connectivity index is 1.47. The Labute approximate surface area is 149 Å². The monoisotopic (exact) mass is 338 g/mol. The van der Waals surface area contributed by atoms with E-state index in [9.17, 15) is 4.79 Å². The SMILES string of the molecule is CN1C(=O)[C@H](CN2CCCCC2)C[C@@H]1c1ncc(-c2ccccc2)[nH]1. The van der Waals surface area contributed by atoms with Gasteiger partial charge in [0.25, 0.3) is 0 Å². The van der Waals surface area contributed by atoms with Crippen LogP contribution in [0.4, 0.5) is 0 Å². The molecular weight excluding hydrogens is 312 g/mol. The van der Waals surface area contributed by atoms with E-state index in [1.165, 1.54) is 19.3 Å². The van der Waals surface area contributed by atoms with Crippen LogP contribution in [-0.2, 0) is 4.79 Å². The Hall–Kier alpha value is -2.14. The van der Waals surface area contributed by atoms with E-state index in [-0.39, 0.29) is 17.9 Å². The van der Waals surface area contributed by atoms with Crippen molar-refractivity contribution in [1.82, 2.24) is 19.8 Å². The standard InChI is InChI=1S/C20H26N4O/c1-23-18(12-16(20(23)25)14-24-10-6-3-7-11-24)19-21-13-17(22-19)15-8-4-2-5-9-15/h2,4-5,8-9,13,16,18H,3,6-7,10-12,14H2,1H3,(H,21,22)/t16-,18+/m0/s1. The highest BCUT2D eigenvalue weighted by molar-refractivity contribution is 5.81. The predicted molar refractivity (Wildman–Crippen MR) is 97.9 cm³/mol. The fourth-order valence-electron chi connectivity index (χ4n) is 4.14. The minimum Gasteiger partial charge on any atom is -0.340 e. The average molecular weight is 338 g/mol. The summed E-state index contributed by atoms with van der Waals surface area (Å²) in [4.78, 5) is 25.0. The van der Waals surface area contributed by atoms with Gasteiger partial charge in [0.05, 0.1) is 23.9 Å². The van der Waals surface area contributed by atoms with Crippen LogP contribution in [-0.4, -0.2) is 52.4 Å². The molecule has 2 fully saturated rings. The number of H-pyrrole nitrogens is 1. The van der Waals surface area contributed by atoms with Gasteiger partial charge in [0.2, 0.25) is 5.91 Å². The number of aromatic nitrogens is 2. The number of hydrogen-bond acceptors (Lipinski definition) is 3. The Morgan fingerprint density at radius 3 is 2.68 bits per heavy atom. The lowest BCUT2D eigenvalue weighted by atomic mass is 10.0. The Bertz CT molecular complexity index is 720. The van der Waals surface area contributed by atoms with Gasteiger partial charge in [-0.2, -0.15) is 0 Å². The first-order chi connectivity index (χ1) is 12.2. The van der Waals surface area contributed by atoms with Gasteiger partial charge in [0.1, 0.15) is 5.82 Å². The molecular formula is C20H26N4O. The van der Waals surface area contributed by atoms with Crippen LogP contribution in [0.2, 0.25) is 0 Å². The molecule has 0 spiro atoms. The van der Waals surface area contributed by atoms with Crippen molar-refractivity contribution < 1.29 is 4.79 Å². The smallest absolute Gasteiger partial charge is 0.227 e. The zero-order valence-corrected chi connectivity index (χ0v) is 14.8. The van der Waals surface area contributed by atoms with Gasteiger partial charge in [-0.25, -0.2) is 4.98 Å². The van der Waals surface area contributed by atoms with Crippen molar-refractivity contribution in [2.45, 2.75) is 31.7 Å². The van der Waals surface area contributed by atoms with E-state index < -0.39 is 0 Å². The van der Waals surface area contributed by atoms with Crippen LogP contribution in [0, 0.1) is 5.92 Å². The van der Waals surface area contributed by atoms with Gasteiger partial charge >= 0.3 is 0 Å². The van der Waals surface area contributed by atoms with Crippen molar-refractivity contribution >= 4 is 5.91 Å². The molecule has 1 aromatic carbocycles. The van der Waals surface area contributed by atoms with Gasteiger partial charge in [0, 0.05) is 13.6 Å². The maximum Gasteiger partial charge on any atom is 0.227 e. The molecule has 2 atom stereocenters. The quantitative estimate of drug-likeness (QED) is 0.932. The highest BCUT2D eigenvalue weighted by Crippen LogP contribution is 2.35.